The van der Waals surface area contributed by atoms with Gasteiger partial charge < -0.3 is 0 Å². The summed E-state index contributed by atoms with van der Waals surface area (Å²) in [6, 6.07) is 6.61. The molecule has 2 aromatic rings. The molecule has 0 fully saturated rings. The van der Waals surface area contributed by atoms with Gasteiger partial charge in [0.05, 0.1) is 5.56 Å². The van der Waals surface area contributed by atoms with Crippen molar-refractivity contribution in [2.75, 3.05) is 0 Å². The zero-order valence-electron chi connectivity index (χ0n) is 9.62. The second-order valence-electron chi connectivity index (χ2n) is 3.92. The van der Waals surface area contributed by atoms with Crippen molar-refractivity contribution < 1.29 is 17.6 Å². The minimum atomic E-state index is -4.43. The van der Waals surface area contributed by atoms with E-state index >= 15 is 0 Å². The van der Waals surface area contributed by atoms with Gasteiger partial charge in [-0.2, -0.15) is 13.2 Å². The van der Waals surface area contributed by atoms with Gasteiger partial charge in [0, 0.05) is 18.0 Å². The Labute approximate surface area is 105 Å². The molecule has 6 heteroatoms. The van der Waals surface area contributed by atoms with E-state index in [1.54, 1.807) is 0 Å². The fraction of sp³-hybridized carbons (Fsp3) is 0.154. The van der Waals surface area contributed by atoms with Crippen molar-refractivity contribution in [3.8, 4) is 5.69 Å². The zero-order chi connectivity index (χ0) is 14.0. The Hall–Kier alpha value is -2.11. The van der Waals surface area contributed by atoms with E-state index in [9.17, 15) is 22.4 Å². The third-order valence-electron chi connectivity index (χ3n) is 2.60. The number of nitrogens with zero attached hydrogens (tertiary/aromatic N) is 1. The van der Waals surface area contributed by atoms with Crippen LogP contribution in [-0.2, 0) is 12.9 Å². The first-order chi connectivity index (χ1) is 8.91. The number of hydrogen-bond donors (Lipinski definition) is 0. The molecule has 0 saturated carbocycles. The van der Waals surface area contributed by atoms with Gasteiger partial charge in [0.15, 0.2) is 0 Å². The molecule has 1 aromatic heterocycles. The molecule has 1 heterocycles. The summed E-state index contributed by atoms with van der Waals surface area (Å²) in [4.78, 5) is 11.6. The molecule has 0 aliphatic carbocycles. The summed E-state index contributed by atoms with van der Waals surface area (Å²) in [5.74, 6) is 0. The summed E-state index contributed by atoms with van der Waals surface area (Å²) in [5.41, 5.74) is -0.698. The number of rotatable bonds is 2. The average Bonchev–Trinajstić information content (AvgIpc) is 2.38. The van der Waals surface area contributed by atoms with Crippen molar-refractivity contribution in [1.82, 2.24) is 4.57 Å². The summed E-state index contributed by atoms with van der Waals surface area (Å²) in [5, 5.41) is 0. The summed E-state index contributed by atoms with van der Waals surface area (Å²) < 4.78 is 50.8. The number of aromatic nitrogens is 1. The van der Waals surface area contributed by atoms with Crippen LogP contribution in [0.1, 0.15) is 11.1 Å². The Kier molecular flexibility index (Phi) is 3.42. The van der Waals surface area contributed by atoms with E-state index in [2.05, 4.69) is 0 Å². The third-order valence-corrected chi connectivity index (χ3v) is 2.60. The van der Waals surface area contributed by atoms with E-state index in [1.165, 1.54) is 30.5 Å². The maximum atomic E-state index is 12.5. The number of hydrogen-bond acceptors (Lipinski definition) is 1. The fourth-order valence-corrected chi connectivity index (χ4v) is 1.62. The number of benzene rings is 1. The highest BCUT2D eigenvalue weighted by molar-refractivity contribution is 5.36. The maximum absolute atomic E-state index is 12.5. The molecular formula is C13H9F4NO. The molecule has 1 aromatic carbocycles. The fourth-order valence-electron chi connectivity index (χ4n) is 1.62. The van der Waals surface area contributed by atoms with Crippen LogP contribution in [-0.4, -0.2) is 4.57 Å². The molecule has 0 aliphatic rings. The number of halogens is 4. The largest absolute Gasteiger partial charge is 0.416 e. The van der Waals surface area contributed by atoms with Crippen LogP contribution in [0.3, 0.4) is 0 Å². The van der Waals surface area contributed by atoms with Crippen LogP contribution >= 0.6 is 0 Å². The van der Waals surface area contributed by atoms with Crippen LogP contribution < -0.4 is 5.56 Å². The SMILES string of the molecule is O=c1ccc(CF)cn1-c1ccc(C(F)(F)F)cc1. The van der Waals surface area contributed by atoms with Gasteiger partial charge in [0.25, 0.3) is 5.56 Å². The van der Waals surface area contributed by atoms with Crippen molar-refractivity contribution in [1.29, 1.82) is 0 Å². The summed E-state index contributed by atoms with van der Waals surface area (Å²) in [6.07, 6.45) is -3.16. The predicted molar refractivity (Wildman–Crippen MR) is 61.9 cm³/mol. The highest BCUT2D eigenvalue weighted by Crippen LogP contribution is 2.29. The molecule has 0 N–H and O–H groups in total. The van der Waals surface area contributed by atoms with E-state index in [4.69, 9.17) is 0 Å². The Morgan fingerprint density at radius 3 is 2.16 bits per heavy atom. The second-order valence-corrected chi connectivity index (χ2v) is 3.92. The van der Waals surface area contributed by atoms with Crippen molar-refractivity contribution in [2.24, 2.45) is 0 Å². The lowest BCUT2D eigenvalue weighted by molar-refractivity contribution is -0.137. The Morgan fingerprint density at radius 1 is 1.00 bits per heavy atom. The van der Waals surface area contributed by atoms with E-state index in [0.717, 1.165) is 16.7 Å². The predicted octanol–water partition coefficient (Wildman–Crippen LogP) is 3.33. The van der Waals surface area contributed by atoms with Crippen molar-refractivity contribution in [3.63, 3.8) is 0 Å². The van der Waals surface area contributed by atoms with Crippen molar-refractivity contribution >= 4 is 0 Å². The van der Waals surface area contributed by atoms with Gasteiger partial charge in [-0.15, -0.1) is 0 Å². The summed E-state index contributed by atoms with van der Waals surface area (Å²) in [6.45, 7) is -0.749. The molecule has 0 saturated heterocycles. The van der Waals surface area contributed by atoms with E-state index < -0.39 is 24.0 Å². The third kappa shape index (κ3) is 2.83. The number of alkyl halides is 4. The molecule has 0 radical (unpaired) electrons. The molecule has 19 heavy (non-hydrogen) atoms. The Bertz CT molecular complexity index is 628. The minimum absolute atomic E-state index is 0.258. The summed E-state index contributed by atoms with van der Waals surface area (Å²) >= 11 is 0. The molecule has 0 aliphatic heterocycles. The van der Waals surface area contributed by atoms with Gasteiger partial charge in [0.2, 0.25) is 0 Å². The van der Waals surface area contributed by atoms with Gasteiger partial charge >= 0.3 is 6.18 Å². The van der Waals surface area contributed by atoms with Crippen LogP contribution in [0.4, 0.5) is 17.6 Å². The maximum Gasteiger partial charge on any atom is 0.416 e. The number of pyridine rings is 1. The van der Waals surface area contributed by atoms with E-state index in [-0.39, 0.29) is 11.3 Å². The minimum Gasteiger partial charge on any atom is -0.284 e. The molecule has 0 spiro atoms. The molecule has 0 unspecified atom stereocenters. The average molecular weight is 271 g/mol. The molecular weight excluding hydrogens is 262 g/mol. The van der Waals surface area contributed by atoms with Crippen LogP contribution in [0.25, 0.3) is 5.69 Å². The zero-order valence-corrected chi connectivity index (χ0v) is 9.62. The quantitative estimate of drug-likeness (QED) is 0.768. The van der Waals surface area contributed by atoms with Crippen LogP contribution in [0.5, 0.6) is 0 Å². The first kappa shape index (κ1) is 13.3. The standard InChI is InChI=1S/C13H9F4NO/c14-7-9-1-6-12(19)18(8-9)11-4-2-10(3-5-11)13(15,16)17/h1-6,8H,7H2. The second kappa shape index (κ2) is 4.87. The van der Waals surface area contributed by atoms with Crippen LogP contribution in [0, 0.1) is 0 Å². The van der Waals surface area contributed by atoms with Crippen molar-refractivity contribution in [2.45, 2.75) is 12.9 Å². The van der Waals surface area contributed by atoms with Gasteiger partial charge in [-0.25, -0.2) is 4.39 Å². The Morgan fingerprint density at radius 2 is 1.63 bits per heavy atom. The van der Waals surface area contributed by atoms with E-state index in [1.807, 2.05) is 0 Å². The lowest BCUT2D eigenvalue weighted by Crippen LogP contribution is -2.17. The summed E-state index contributed by atoms with van der Waals surface area (Å²) in [7, 11) is 0. The lowest BCUT2D eigenvalue weighted by Gasteiger charge is -2.09. The molecule has 2 rings (SSSR count). The smallest absolute Gasteiger partial charge is 0.284 e. The molecule has 2 nitrogen and oxygen atoms in total. The first-order valence-corrected chi connectivity index (χ1v) is 5.37. The molecule has 0 bridgehead atoms. The Balaban J connectivity index is 2.45. The lowest BCUT2D eigenvalue weighted by atomic mass is 10.2. The highest BCUT2D eigenvalue weighted by atomic mass is 19.4. The monoisotopic (exact) mass is 271 g/mol. The normalized spacial score (nSPS) is 11.6. The highest BCUT2D eigenvalue weighted by Gasteiger charge is 2.29. The molecule has 0 amide bonds. The van der Waals surface area contributed by atoms with Gasteiger partial charge in [-0.05, 0) is 35.9 Å². The van der Waals surface area contributed by atoms with Gasteiger partial charge in [0.1, 0.15) is 6.67 Å². The van der Waals surface area contributed by atoms with E-state index in [0.29, 0.717) is 0 Å². The molecule has 100 valence electrons. The first-order valence-electron chi connectivity index (χ1n) is 5.37. The van der Waals surface area contributed by atoms with Crippen LogP contribution in [0.15, 0.2) is 47.4 Å². The van der Waals surface area contributed by atoms with Gasteiger partial charge in [-0.1, -0.05) is 0 Å². The van der Waals surface area contributed by atoms with Crippen molar-refractivity contribution in [3.05, 3.63) is 64.1 Å². The van der Waals surface area contributed by atoms with Crippen LogP contribution in [0.2, 0.25) is 0 Å². The van der Waals surface area contributed by atoms with Gasteiger partial charge in [-0.3, -0.25) is 9.36 Å². The topological polar surface area (TPSA) is 22.0 Å². The molecule has 0 atom stereocenters.